The summed E-state index contributed by atoms with van der Waals surface area (Å²) in [5.74, 6) is 1.55. The van der Waals surface area contributed by atoms with Gasteiger partial charge in [0.05, 0.1) is 5.56 Å². The summed E-state index contributed by atoms with van der Waals surface area (Å²) in [6.45, 7) is 4.50. The highest BCUT2D eigenvalue weighted by molar-refractivity contribution is 5.94. The van der Waals surface area contributed by atoms with Gasteiger partial charge in [0, 0.05) is 29.9 Å². The fourth-order valence-corrected chi connectivity index (χ4v) is 4.08. The largest absolute Gasteiger partial charge is 0.439 e. The van der Waals surface area contributed by atoms with E-state index in [0.29, 0.717) is 34.7 Å². The van der Waals surface area contributed by atoms with Crippen molar-refractivity contribution in [3.63, 3.8) is 0 Å². The second kappa shape index (κ2) is 7.37. The lowest BCUT2D eigenvalue weighted by Gasteiger charge is -2.49. The Labute approximate surface area is 158 Å². The molecule has 6 nitrogen and oxygen atoms in total. The summed E-state index contributed by atoms with van der Waals surface area (Å²) >= 11 is 0. The van der Waals surface area contributed by atoms with E-state index in [1.165, 1.54) is 19.0 Å². The Morgan fingerprint density at radius 3 is 2.56 bits per heavy atom. The van der Waals surface area contributed by atoms with E-state index in [1.807, 2.05) is 6.07 Å². The van der Waals surface area contributed by atoms with Crippen molar-refractivity contribution in [2.75, 3.05) is 13.1 Å². The number of nitriles is 1. The van der Waals surface area contributed by atoms with Gasteiger partial charge in [-0.05, 0) is 69.1 Å². The van der Waals surface area contributed by atoms with Crippen LogP contribution >= 0.6 is 0 Å². The summed E-state index contributed by atoms with van der Waals surface area (Å²) in [4.78, 5) is 19.2. The summed E-state index contributed by atoms with van der Waals surface area (Å²) in [5, 5.41) is 12.0. The molecule has 3 aliphatic rings. The van der Waals surface area contributed by atoms with Crippen LogP contribution in [-0.2, 0) is 0 Å². The number of piperidine rings is 3. The number of hydrogen-bond acceptors (Lipinski definition) is 5. The van der Waals surface area contributed by atoms with Gasteiger partial charge in [-0.3, -0.25) is 9.69 Å². The van der Waals surface area contributed by atoms with Crippen molar-refractivity contribution in [1.29, 1.82) is 5.26 Å². The summed E-state index contributed by atoms with van der Waals surface area (Å²) in [5.41, 5.74) is 1.11. The minimum Gasteiger partial charge on any atom is -0.439 e. The number of hydrogen-bond donors (Lipinski definition) is 1. The van der Waals surface area contributed by atoms with Gasteiger partial charge in [0.25, 0.3) is 5.91 Å². The van der Waals surface area contributed by atoms with Gasteiger partial charge in [0.15, 0.2) is 0 Å². The Kier molecular flexibility index (Phi) is 4.78. The molecule has 0 saturated carbocycles. The number of nitrogens with zero attached hydrogens (tertiary/aromatic N) is 3. The average Bonchev–Trinajstić information content (AvgIpc) is 2.72. The van der Waals surface area contributed by atoms with Crippen molar-refractivity contribution in [3.05, 3.63) is 53.7 Å². The number of amides is 1. The molecule has 3 aliphatic heterocycles. The molecule has 1 N–H and O–H groups in total. The van der Waals surface area contributed by atoms with E-state index in [1.54, 1.807) is 36.4 Å². The summed E-state index contributed by atoms with van der Waals surface area (Å²) < 4.78 is 5.66. The van der Waals surface area contributed by atoms with Crippen LogP contribution in [0.4, 0.5) is 0 Å². The molecule has 3 saturated heterocycles. The lowest BCUT2D eigenvalue weighted by molar-refractivity contribution is 0.0217. The molecule has 1 amide bonds. The van der Waals surface area contributed by atoms with E-state index in [-0.39, 0.29) is 11.9 Å². The molecule has 3 fully saturated rings. The van der Waals surface area contributed by atoms with Crippen molar-refractivity contribution in [2.24, 2.45) is 5.92 Å². The SMILES string of the molecule is C[C@H]1[C@H](NC(=O)c2ccc(Oc3ccc(C#N)cn3)cc2)C2CCN1CC2. The molecule has 27 heavy (non-hydrogen) atoms. The highest BCUT2D eigenvalue weighted by Crippen LogP contribution is 2.32. The zero-order valence-electron chi connectivity index (χ0n) is 15.3. The van der Waals surface area contributed by atoms with Crippen LogP contribution in [0.5, 0.6) is 11.6 Å². The number of rotatable bonds is 4. The summed E-state index contributed by atoms with van der Waals surface area (Å²) in [6, 6.07) is 13.0. The first-order valence-corrected chi connectivity index (χ1v) is 9.33. The Morgan fingerprint density at radius 1 is 1.22 bits per heavy atom. The molecule has 0 spiro atoms. The predicted molar refractivity (Wildman–Crippen MR) is 100 cm³/mol. The van der Waals surface area contributed by atoms with Crippen LogP contribution < -0.4 is 10.1 Å². The van der Waals surface area contributed by atoms with Gasteiger partial charge < -0.3 is 10.1 Å². The quantitative estimate of drug-likeness (QED) is 0.905. The second-order valence-electron chi connectivity index (χ2n) is 7.24. The van der Waals surface area contributed by atoms with Crippen molar-refractivity contribution in [1.82, 2.24) is 15.2 Å². The molecule has 6 heteroatoms. The fraction of sp³-hybridized carbons (Fsp3) is 0.381. The molecule has 5 rings (SSSR count). The first-order chi connectivity index (χ1) is 13.1. The van der Waals surface area contributed by atoms with Gasteiger partial charge in [0.2, 0.25) is 5.88 Å². The summed E-state index contributed by atoms with van der Waals surface area (Å²) in [7, 11) is 0. The zero-order chi connectivity index (χ0) is 18.8. The molecule has 1 aromatic heterocycles. The van der Waals surface area contributed by atoms with E-state index < -0.39 is 0 Å². The third kappa shape index (κ3) is 3.64. The average molecular weight is 362 g/mol. The molecule has 1 aromatic carbocycles. The molecule has 2 bridgehead atoms. The molecule has 0 radical (unpaired) electrons. The van der Waals surface area contributed by atoms with Crippen LogP contribution in [0, 0.1) is 17.2 Å². The molecule has 0 unspecified atom stereocenters. The molecular weight excluding hydrogens is 340 g/mol. The Bertz CT molecular complexity index is 847. The molecule has 2 atom stereocenters. The van der Waals surface area contributed by atoms with Crippen molar-refractivity contribution >= 4 is 5.91 Å². The smallest absolute Gasteiger partial charge is 0.251 e. The van der Waals surface area contributed by atoms with Crippen molar-refractivity contribution in [2.45, 2.75) is 31.8 Å². The number of carbonyl (C=O) groups is 1. The number of nitrogens with one attached hydrogen (secondary N) is 1. The normalized spacial score (nSPS) is 26.2. The van der Waals surface area contributed by atoms with E-state index in [9.17, 15) is 4.79 Å². The van der Waals surface area contributed by atoms with E-state index >= 15 is 0 Å². The molecule has 0 aliphatic carbocycles. The van der Waals surface area contributed by atoms with Crippen LogP contribution in [0.15, 0.2) is 42.6 Å². The van der Waals surface area contributed by atoms with Crippen molar-refractivity contribution < 1.29 is 9.53 Å². The maximum Gasteiger partial charge on any atom is 0.251 e. The minimum absolute atomic E-state index is 0.0383. The number of fused-ring (bicyclic) bond motifs is 3. The minimum atomic E-state index is -0.0383. The first-order valence-electron chi connectivity index (χ1n) is 9.33. The van der Waals surface area contributed by atoms with Crippen LogP contribution in [0.3, 0.4) is 0 Å². The van der Waals surface area contributed by atoms with Crippen LogP contribution in [0.1, 0.15) is 35.7 Å². The van der Waals surface area contributed by atoms with Crippen LogP contribution in [-0.4, -0.2) is 41.0 Å². The number of benzene rings is 1. The Balaban J connectivity index is 1.39. The maximum atomic E-state index is 12.7. The van der Waals surface area contributed by atoms with E-state index in [4.69, 9.17) is 10.00 Å². The van der Waals surface area contributed by atoms with Crippen LogP contribution in [0.25, 0.3) is 0 Å². The fourth-order valence-electron chi connectivity index (χ4n) is 4.08. The number of ether oxygens (including phenoxy) is 1. The van der Waals surface area contributed by atoms with Crippen molar-refractivity contribution in [3.8, 4) is 17.7 Å². The van der Waals surface area contributed by atoms with Crippen LogP contribution in [0.2, 0.25) is 0 Å². The van der Waals surface area contributed by atoms with Gasteiger partial charge in [-0.1, -0.05) is 0 Å². The third-order valence-corrected chi connectivity index (χ3v) is 5.68. The maximum absolute atomic E-state index is 12.7. The molecule has 2 aromatic rings. The molecule has 138 valence electrons. The third-order valence-electron chi connectivity index (χ3n) is 5.68. The molecular formula is C21H22N4O2. The summed E-state index contributed by atoms with van der Waals surface area (Å²) in [6.07, 6.45) is 3.80. The Hall–Kier alpha value is -2.91. The number of aromatic nitrogens is 1. The highest BCUT2D eigenvalue weighted by atomic mass is 16.5. The lowest BCUT2D eigenvalue weighted by Crippen LogP contribution is -2.62. The predicted octanol–water partition coefficient (Wildman–Crippen LogP) is 2.96. The van der Waals surface area contributed by atoms with Gasteiger partial charge in [-0.2, -0.15) is 5.26 Å². The zero-order valence-corrected chi connectivity index (χ0v) is 15.3. The topological polar surface area (TPSA) is 78.2 Å². The standard InChI is InChI=1S/C21H22N4O2/c1-14-20(16-8-10-25(14)11-9-16)24-21(26)17-3-5-18(6-4-17)27-19-7-2-15(12-22)13-23-19/h2-7,13-14,16,20H,8-11H2,1H3,(H,24,26)/t14-,20-/m0/s1. The number of pyridine rings is 1. The first kappa shape index (κ1) is 17.5. The number of carbonyl (C=O) groups excluding carboxylic acids is 1. The lowest BCUT2D eigenvalue weighted by atomic mass is 9.79. The van der Waals surface area contributed by atoms with Gasteiger partial charge in [-0.15, -0.1) is 0 Å². The Morgan fingerprint density at radius 2 is 1.96 bits per heavy atom. The van der Waals surface area contributed by atoms with E-state index in [2.05, 4.69) is 22.1 Å². The molecule has 4 heterocycles. The van der Waals surface area contributed by atoms with E-state index in [0.717, 1.165) is 13.1 Å². The van der Waals surface area contributed by atoms with Gasteiger partial charge >= 0.3 is 0 Å². The monoisotopic (exact) mass is 362 g/mol. The van der Waals surface area contributed by atoms with Gasteiger partial charge in [0.1, 0.15) is 11.8 Å². The van der Waals surface area contributed by atoms with Gasteiger partial charge in [-0.25, -0.2) is 4.98 Å². The highest BCUT2D eigenvalue weighted by Gasteiger charge is 2.40. The second-order valence-corrected chi connectivity index (χ2v) is 7.24.